The highest BCUT2D eigenvalue weighted by atomic mass is 16.5. The molecule has 0 radical (unpaired) electrons. The fraction of sp³-hybridized carbons (Fsp3) is 0.136. The van der Waals surface area contributed by atoms with E-state index < -0.39 is 18.0 Å². The van der Waals surface area contributed by atoms with E-state index in [2.05, 4.69) is 5.32 Å². The second-order valence-corrected chi connectivity index (χ2v) is 6.34. The van der Waals surface area contributed by atoms with Crippen LogP contribution in [-0.2, 0) is 9.53 Å². The molecular formula is C22H20N2O5. The Labute approximate surface area is 168 Å². The van der Waals surface area contributed by atoms with Gasteiger partial charge in [-0.25, -0.2) is 4.79 Å². The lowest BCUT2D eigenvalue weighted by molar-refractivity contribution is -0.605. The van der Waals surface area contributed by atoms with Crippen LogP contribution in [0.25, 0.3) is 0 Å². The molecule has 7 nitrogen and oxygen atoms in total. The molecule has 0 aliphatic heterocycles. The Morgan fingerprint density at radius 2 is 1.72 bits per heavy atom. The van der Waals surface area contributed by atoms with Gasteiger partial charge >= 0.3 is 5.97 Å². The maximum Gasteiger partial charge on any atom is 0.339 e. The number of ether oxygens (including phenoxy) is 2. The van der Waals surface area contributed by atoms with Crippen LogP contribution in [0.3, 0.4) is 0 Å². The number of esters is 1. The molecule has 7 heteroatoms. The maximum atomic E-state index is 13.0. The summed E-state index contributed by atoms with van der Waals surface area (Å²) in [7, 11) is 1.51. The first-order chi connectivity index (χ1) is 14.0. The minimum absolute atomic E-state index is 0.166. The first-order valence-electron chi connectivity index (χ1n) is 8.88. The van der Waals surface area contributed by atoms with E-state index >= 15 is 0 Å². The van der Waals surface area contributed by atoms with Crippen molar-refractivity contribution >= 4 is 17.6 Å². The fourth-order valence-corrected chi connectivity index (χ4v) is 2.74. The van der Waals surface area contributed by atoms with Crippen molar-refractivity contribution in [1.82, 2.24) is 0 Å². The summed E-state index contributed by atoms with van der Waals surface area (Å²) in [6, 6.07) is 16.7. The van der Waals surface area contributed by atoms with Gasteiger partial charge in [-0.1, -0.05) is 36.4 Å². The van der Waals surface area contributed by atoms with Crippen molar-refractivity contribution < 1.29 is 23.8 Å². The summed E-state index contributed by atoms with van der Waals surface area (Å²) in [5.41, 5.74) is 2.09. The van der Waals surface area contributed by atoms with Gasteiger partial charge in [-0.15, -0.1) is 0 Å². The molecule has 1 heterocycles. The van der Waals surface area contributed by atoms with E-state index in [9.17, 15) is 14.8 Å². The summed E-state index contributed by atoms with van der Waals surface area (Å²) in [5, 5.41) is 13.9. The number of aromatic nitrogens is 1. The number of nitrogens with one attached hydrogen (secondary N) is 1. The van der Waals surface area contributed by atoms with Gasteiger partial charge in [-0.05, 0) is 24.6 Å². The van der Waals surface area contributed by atoms with Gasteiger partial charge in [0.25, 0.3) is 5.91 Å². The Morgan fingerprint density at radius 3 is 2.38 bits per heavy atom. The number of rotatable bonds is 6. The number of pyridine rings is 1. The van der Waals surface area contributed by atoms with E-state index in [0.717, 1.165) is 5.56 Å². The molecule has 2 aromatic carbocycles. The SMILES string of the molecule is COc1ccc(C)cc1NC(=O)[C@@H](OC(=O)c1cc[n+]([O-])cc1)c1ccccc1. The number of benzene rings is 2. The van der Waals surface area contributed by atoms with Gasteiger partial charge in [0.2, 0.25) is 6.10 Å². The van der Waals surface area contributed by atoms with E-state index in [1.165, 1.54) is 31.6 Å². The van der Waals surface area contributed by atoms with Crippen LogP contribution < -0.4 is 14.8 Å². The summed E-state index contributed by atoms with van der Waals surface area (Å²) < 4.78 is 11.3. The van der Waals surface area contributed by atoms with Crippen molar-refractivity contribution in [3.8, 4) is 5.75 Å². The van der Waals surface area contributed by atoms with Crippen molar-refractivity contribution in [3.05, 3.63) is 95.0 Å². The second kappa shape index (κ2) is 8.88. The summed E-state index contributed by atoms with van der Waals surface area (Å²) in [6.45, 7) is 1.89. The van der Waals surface area contributed by atoms with E-state index in [4.69, 9.17) is 9.47 Å². The van der Waals surface area contributed by atoms with Crippen molar-refractivity contribution in [1.29, 1.82) is 0 Å². The quantitative estimate of drug-likeness (QED) is 0.395. The van der Waals surface area contributed by atoms with Crippen LogP contribution in [0.2, 0.25) is 0 Å². The number of anilines is 1. The molecule has 0 saturated heterocycles. The molecule has 1 aromatic heterocycles. The van der Waals surface area contributed by atoms with E-state index in [-0.39, 0.29) is 5.56 Å². The van der Waals surface area contributed by atoms with E-state index in [1.807, 2.05) is 13.0 Å². The van der Waals surface area contributed by atoms with Gasteiger partial charge in [0.15, 0.2) is 12.4 Å². The topological polar surface area (TPSA) is 91.6 Å². The molecule has 3 aromatic rings. The number of hydrogen-bond acceptors (Lipinski definition) is 5. The van der Waals surface area contributed by atoms with Crippen LogP contribution in [-0.4, -0.2) is 19.0 Å². The Balaban J connectivity index is 1.88. The summed E-state index contributed by atoms with van der Waals surface area (Å²) in [4.78, 5) is 25.6. The van der Waals surface area contributed by atoms with E-state index in [0.29, 0.717) is 21.7 Å². The lowest BCUT2D eigenvalue weighted by atomic mass is 10.1. The molecule has 3 rings (SSSR count). The number of aryl methyl sites for hydroxylation is 1. The Morgan fingerprint density at radius 1 is 1.03 bits per heavy atom. The fourth-order valence-electron chi connectivity index (χ4n) is 2.74. The number of carbonyl (C=O) groups is 2. The number of methoxy groups -OCH3 is 1. The molecule has 0 spiro atoms. The molecule has 0 aliphatic carbocycles. The second-order valence-electron chi connectivity index (χ2n) is 6.34. The van der Waals surface area contributed by atoms with Gasteiger partial charge in [0.05, 0.1) is 18.4 Å². The van der Waals surface area contributed by atoms with Crippen LogP contribution in [0.5, 0.6) is 5.75 Å². The molecule has 0 unspecified atom stereocenters. The number of carbonyl (C=O) groups excluding carboxylic acids is 2. The maximum absolute atomic E-state index is 13.0. The van der Waals surface area contributed by atoms with Crippen molar-refractivity contribution in [3.63, 3.8) is 0 Å². The first-order valence-corrected chi connectivity index (χ1v) is 8.88. The van der Waals surface area contributed by atoms with Gasteiger partial charge < -0.3 is 20.0 Å². The molecule has 1 atom stereocenters. The lowest BCUT2D eigenvalue weighted by Crippen LogP contribution is -2.27. The zero-order valence-electron chi connectivity index (χ0n) is 16.0. The number of hydrogen-bond donors (Lipinski definition) is 1. The monoisotopic (exact) mass is 392 g/mol. The highest BCUT2D eigenvalue weighted by Gasteiger charge is 2.26. The number of amides is 1. The largest absolute Gasteiger partial charge is 0.619 e. The molecule has 0 saturated carbocycles. The van der Waals surface area contributed by atoms with Gasteiger partial charge in [0.1, 0.15) is 5.75 Å². The van der Waals surface area contributed by atoms with Gasteiger partial charge in [-0.3, -0.25) is 4.79 Å². The molecule has 1 amide bonds. The molecule has 0 bridgehead atoms. The van der Waals surface area contributed by atoms with E-state index in [1.54, 1.807) is 42.5 Å². The van der Waals surface area contributed by atoms with Crippen LogP contribution in [0.15, 0.2) is 73.1 Å². The average molecular weight is 392 g/mol. The third-order valence-corrected chi connectivity index (χ3v) is 4.22. The molecule has 0 aliphatic rings. The lowest BCUT2D eigenvalue weighted by Gasteiger charge is -2.19. The van der Waals surface area contributed by atoms with Crippen molar-refractivity contribution in [2.45, 2.75) is 13.0 Å². The standard InChI is InChI=1S/C22H20N2O5/c1-15-8-9-19(28-2)18(14-15)23-21(25)20(16-6-4-3-5-7-16)29-22(26)17-10-12-24(27)13-11-17/h3-14,20H,1-2H3,(H,23,25)/t20-/m0/s1. The summed E-state index contributed by atoms with van der Waals surface area (Å²) in [5.74, 6) is -0.751. The van der Waals surface area contributed by atoms with Crippen LogP contribution in [0.4, 0.5) is 5.69 Å². The van der Waals surface area contributed by atoms with Crippen LogP contribution >= 0.6 is 0 Å². The molecule has 29 heavy (non-hydrogen) atoms. The molecular weight excluding hydrogens is 372 g/mol. The predicted octanol–water partition coefficient (Wildman–Crippen LogP) is 3.17. The molecule has 148 valence electrons. The smallest absolute Gasteiger partial charge is 0.339 e. The van der Waals surface area contributed by atoms with Crippen molar-refractivity contribution in [2.24, 2.45) is 0 Å². The summed E-state index contributed by atoms with van der Waals surface area (Å²) >= 11 is 0. The van der Waals surface area contributed by atoms with Gasteiger partial charge in [-0.2, -0.15) is 4.73 Å². The summed E-state index contributed by atoms with van der Waals surface area (Å²) in [6.07, 6.45) is 1.19. The normalized spacial score (nSPS) is 11.4. The molecule has 0 fully saturated rings. The Kier molecular flexibility index (Phi) is 6.09. The minimum Gasteiger partial charge on any atom is -0.619 e. The highest BCUT2D eigenvalue weighted by Crippen LogP contribution is 2.28. The van der Waals surface area contributed by atoms with Crippen molar-refractivity contribution in [2.75, 3.05) is 12.4 Å². The molecule has 1 N–H and O–H groups in total. The third-order valence-electron chi connectivity index (χ3n) is 4.22. The predicted molar refractivity (Wildman–Crippen MR) is 106 cm³/mol. The highest BCUT2D eigenvalue weighted by molar-refractivity contribution is 5.99. The average Bonchev–Trinajstić information content (AvgIpc) is 2.73. The Hall–Kier alpha value is -3.87. The zero-order chi connectivity index (χ0) is 20.8. The number of nitrogens with zero attached hydrogens (tertiary/aromatic N) is 1. The van der Waals surface area contributed by atoms with Crippen LogP contribution in [0, 0.1) is 12.1 Å². The third kappa shape index (κ3) is 4.90. The Bertz CT molecular complexity index is 1000. The minimum atomic E-state index is -1.19. The van der Waals surface area contributed by atoms with Crippen LogP contribution in [0.1, 0.15) is 27.6 Å². The zero-order valence-corrected chi connectivity index (χ0v) is 16.0. The van der Waals surface area contributed by atoms with Gasteiger partial charge in [0, 0.05) is 17.7 Å². The first kappa shape index (κ1) is 19.9.